The second-order valence-electron chi connectivity index (χ2n) is 16.4. The van der Waals surface area contributed by atoms with Gasteiger partial charge in [-0.05, 0) is 77.3 Å². The molecule has 2 atom stereocenters. The van der Waals surface area contributed by atoms with Gasteiger partial charge in [0.25, 0.3) is 11.8 Å². The molecule has 0 unspecified atom stereocenters. The minimum atomic E-state index is -0.645. The zero-order chi connectivity index (χ0) is 45.0. The summed E-state index contributed by atoms with van der Waals surface area (Å²) >= 11 is 0. The molecule has 7 N–H and O–H groups in total. The molecule has 8 rings (SSSR count). The molecule has 0 bridgehead atoms. The highest BCUT2D eigenvalue weighted by atomic mass is 16.6. The first-order chi connectivity index (χ1) is 30.1. The predicted octanol–water partition coefficient (Wildman–Crippen LogP) is 3.98. The average Bonchev–Trinajstić information content (AvgIpc) is 3.84. The molecule has 2 saturated heterocycles. The molecule has 0 spiro atoms. The van der Waals surface area contributed by atoms with Crippen molar-refractivity contribution in [2.75, 3.05) is 36.8 Å². The van der Waals surface area contributed by atoms with Crippen molar-refractivity contribution in [2.24, 2.45) is 25.6 Å². The number of hydrogen-bond donors (Lipinski definition) is 5. The maximum atomic E-state index is 12.6. The normalized spacial score (nSPS) is 16.3. The van der Waals surface area contributed by atoms with Crippen LogP contribution in [0.2, 0.25) is 0 Å². The SMILES string of the molecule is Cn1cc(-c2cc(C(N)=O)c3ncnc(N[C@H]4CCCN(C(=O)OC(C)(C)C)C4)c3n2)cc1C#N.Cn1cc(-c2cc(C(N)=O)c3ncnc(N[C@H]4CCCNC4)c3n2)cc1C#N. The lowest BCUT2D eigenvalue weighted by molar-refractivity contribution is 0.0206. The number of hydrogen-bond acceptors (Lipinski definition) is 15. The number of nitriles is 2. The highest BCUT2D eigenvalue weighted by molar-refractivity contribution is 6.08. The first-order valence-corrected chi connectivity index (χ1v) is 20.4. The minimum absolute atomic E-state index is 0.0984. The number of fused-ring (bicyclic) bond motifs is 2. The first kappa shape index (κ1) is 43.4. The Bertz CT molecular complexity index is 2810. The van der Waals surface area contributed by atoms with Gasteiger partial charge in [-0.2, -0.15) is 10.5 Å². The number of piperidine rings is 2. The Labute approximate surface area is 362 Å². The molecule has 324 valence electrons. The smallest absolute Gasteiger partial charge is 0.410 e. The average molecular weight is 853 g/mol. The van der Waals surface area contributed by atoms with Crippen LogP contribution in [-0.2, 0) is 18.8 Å². The van der Waals surface area contributed by atoms with Crippen LogP contribution in [0.25, 0.3) is 44.6 Å². The largest absolute Gasteiger partial charge is 0.444 e. The van der Waals surface area contributed by atoms with Crippen molar-refractivity contribution in [3.63, 3.8) is 0 Å². The lowest BCUT2D eigenvalue weighted by atomic mass is 10.1. The Morgan fingerprint density at radius 3 is 1.71 bits per heavy atom. The van der Waals surface area contributed by atoms with E-state index in [1.807, 2.05) is 20.8 Å². The molecule has 3 amide bonds. The number of aromatic nitrogens is 8. The molecule has 2 aliphatic heterocycles. The number of primary amides is 2. The van der Waals surface area contributed by atoms with Gasteiger partial charge in [-0.15, -0.1) is 0 Å². The van der Waals surface area contributed by atoms with E-state index < -0.39 is 17.4 Å². The molecule has 0 aliphatic carbocycles. The number of rotatable bonds is 8. The molecule has 20 heteroatoms. The van der Waals surface area contributed by atoms with E-state index in [1.54, 1.807) is 64.8 Å². The Balaban J connectivity index is 0.000000193. The maximum absolute atomic E-state index is 12.6. The quantitative estimate of drug-likeness (QED) is 0.145. The van der Waals surface area contributed by atoms with Crippen LogP contribution in [0.4, 0.5) is 16.4 Å². The van der Waals surface area contributed by atoms with Gasteiger partial charge in [-0.25, -0.2) is 34.7 Å². The molecular formula is C43H48N16O4. The summed E-state index contributed by atoms with van der Waals surface area (Å²) in [6, 6.07) is 11.0. The zero-order valence-electron chi connectivity index (χ0n) is 35.6. The van der Waals surface area contributed by atoms with Crippen LogP contribution in [0.3, 0.4) is 0 Å². The second kappa shape index (κ2) is 18.1. The number of ether oxygens (including phenoxy) is 1. The van der Waals surface area contributed by atoms with E-state index in [-0.39, 0.29) is 29.3 Å². The van der Waals surface area contributed by atoms with Crippen LogP contribution in [0, 0.1) is 22.7 Å². The van der Waals surface area contributed by atoms with Crippen LogP contribution in [0.1, 0.15) is 78.6 Å². The van der Waals surface area contributed by atoms with Gasteiger partial charge in [0.15, 0.2) is 11.6 Å². The Morgan fingerprint density at radius 2 is 1.27 bits per heavy atom. The van der Waals surface area contributed by atoms with Crippen molar-refractivity contribution in [3.05, 3.63) is 71.8 Å². The lowest BCUT2D eigenvalue weighted by Crippen LogP contribution is -2.47. The Hall–Kier alpha value is -7.71. The fourth-order valence-corrected chi connectivity index (χ4v) is 7.54. The monoisotopic (exact) mass is 852 g/mol. The number of carbonyl (C=O) groups is 3. The standard InChI is InChI=1S/C24H28N8O3.C19H20N8O/c1-24(2,3)35-23(34)32-7-5-6-15(12-32)29-22-20-19(27-13-28-22)17(21(26)33)9-18(30-20)14-8-16(10-25)31(4)11-14;1-27-9-11(5-13(27)7-20)15-6-14(18(21)28)16-17(26-15)19(24-10-23-16)25-12-3-2-4-22-8-12/h8-9,11,13,15H,5-7,12H2,1-4H3,(H2,26,33)(H,27,28,29);5-6,9-10,12,22H,2-4,8H2,1H3,(H2,21,28)(H,23,24,25)/t15-;12-/m00/s1. The highest BCUT2D eigenvalue weighted by Crippen LogP contribution is 2.30. The minimum Gasteiger partial charge on any atom is -0.444 e. The predicted molar refractivity (Wildman–Crippen MR) is 234 cm³/mol. The molecule has 8 heterocycles. The summed E-state index contributed by atoms with van der Waals surface area (Å²) in [6.07, 6.45) is 9.66. The molecular weight excluding hydrogens is 805 g/mol. The summed E-state index contributed by atoms with van der Waals surface area (Å²) in [5.74, 6) is -0.228. The highest BCUT2D eigenvalue weighted by Gasteiger charge is 2.29. The van der Waals surface area contributed by atoms with Crippen LogP contribution in [-0.4, -0.2) is 106 Å². The molecule has 2 fully saturated rings. The van der Waals surface area contributed by atoms with E-state index in [0.717, 1.165) is 44.3 Å². The van der Waals surface area contributed by atoms with Gasteiger partial charge in [0.05, 0.1) is 22.5 Å². The molecule has 6 aromatic rings. The van der Waals surface area contributed by atoms with Gasteiger partial charge in [0.2, 0.25) is 0 Å². The summed E-state index contributed by atoms with van der Waals surface area (Å²) in [7, 11) is 3.54. The number of carbonyl (C=O) groups excluding carboxylic acids is 3. The molecule has 0 saturated carbocycles. The Morgan fingerprint density at radius 1 is 0.762 bits per heavy atom. The molecule has 63 heavy (non-hydrogen) atoms. The zero-order valence-corrected chi connectivity index (χ0v) is 35.6. The number of anilines is 2. The number of pyridine rings is 2. The molecule has 2 aliphatic rings. The fourth-order valence-electron chi connectivity index (χ4n) is 7.54. The summed E-state index contributed by atoms with van der Waals surface area (Å²) < 4.78 is 8.91. The third kappa shape index (κ3) is 9.77. The van der Waals surface area contributed by atoms with Gasteiger partial charge in [0.1, 0.15) is 63.8 Å². The summed E-state index contributed by atoms with van der Waals surface area (Å²) in [6.45, 7) is 8.40. The number of nitrogens with two attached hydrogens (primary N) is 2. The van der Waals surface area contributed by atoms with E-state index in [2.05, 4.69) is 48.0 Å². The molecule has 6 aromatic heterocycles. The maximum Gasteiger partial charge on any atom is 0.410 e. The fraction of sp³-hybridized carbons (Fsp3) is 0.372. The topological polar surface area (TPSA) is 287 Å². The van der Waals surface area contributed by atoms with Crippen LogP contribution < -0.4 is 27.4 Å². The summed E-state index contributed by atoms with van der Waals surface area (Å²) in [5, 5.41) is 28.7. The number of nitrogens with zero attached hydrogens (tertiary/aromatic N) is 11. The van der Waals surface area contributed by atoms with Crippen molar-refractivity contribution in [1.29, 1.82) is 10.5 Å². The van der Waals surface area contributed by atoms with Gasteiger partial charge < -0.3 is 46.2 Å². The first-order valence-electron chi connectivity index (χ1n) is 20.4. The van der Waals surface area contributed by atoms with Gasteiger partial charge in [-0.3, -0.25) is 9.59 Å². The van der Waals surface area contributed by atoms with Crippen LogP contribution in [0.15, 0.2) is 49.3 Å². The van der Waals surface area contributed by atoms with Crippen molar-refractivity contribution >= 4 is 51.6 Å². The van der Waals surface area contributed by atoms with Gasteiger partial charge in [-0.1, -0.05) is 0 Å². The van der Waals surface area contributed by atoms with E-state index in [9.17, 15) is 24.9 Å². The van der Waals surface area contributed by atoms with Crippen LogP contribution in [0.5, 0.6) is 0 Å². The molecule has 0 aromatic carbocycles. The molecule has 0 radical (unpaired) electrons. The third-order valence-electron chi connectivity index (χ3n) is 10.6. The van der Waals surface area contributed by atoms with E-state index in [0.29, 0.717) is 75.1 Å². The van der Waals surface area contributed by atoms with Crippen molar-refractivity contribution in [3.8, 4) is 34.7 Å². The number of aryl methyl sites for hydroxylation is 2. The summed E-state index contributed by atoms with van der Waals surface area (Å²) in [4.78, 5) is 65.2. The third-order valence-corrected chi connectivity index (χ3v) is 10.6. The Kier molecular flexibility index (Phi) is 12.5. The van der Waals surface area contributed by atoms with E-state index in [1.165, 1.54) is 12.7 Å². The van der Waals surface area contributed by atoms with Crippen molar-refractivity contribution in [2.45, 2.75) is 64.1 Å². The number of amides is 3. The van der Waals surface area contributed by atoms with Crippen molar-refractivity contribution in [1.82, 2.24) is 49.3 Å². The summed E-state index contributed by atoms with van der Waals surface area (Å²) in [5.41, 5.74) is 16.1. The number of likely N-dealkylation sites (tertiary alicyclic amines) is 1. The number of nitrogens with one attached hydrogen (secondary N) is 3. The molecule has 20 nitrogen and oxygen atoms in total. The van der Waals surface area contributed by atoms with E-state index >= 15 is 0 Å². The van der Waals surface area contributed by atoms with Gasteiger partial charge in [0, 0.05) is 69.3 Å². The van der Waals surface area contributed by atoms with E-state index in [4.69, 9.17) is 26.2 Å². The van der Waals surface area contributed by atoms with Crippen LogP contribution >= 0.6 is 0 Å². The van der Waals surface area contributed by atoms with Crippen molar-refractivity contribution < 1.29 is 19.1 Å². The lowest BCUT2D eigenvalue weighted by Gasteiger charge is -2.34. The second-order valence-corrected chi connectivity index (χ2v) is 16.4. The van der Waals surface area contributed by atoms with Gasteiger partial charge >= 0.3 is 6.09 Å².